The molecule has 1 saturated heterocycles. The first-order valence-corrected chi connectivity index (χ1v) is 8.70. The molecule has 0 spiro atoms. The van der Waals surface area contributed by atoms with Gasteiger partial charge in [0.2, 0.25) is 5.91 Å². The molecule has 0 atom stereocenters. The number of rotatable bonds is 6. The number of benzene rings is 1. The summed E-state index contributed by atoms with van der Waals surface area (Å²) in [6.45, 7) is 4.29. The number of aryl methyl sites for hydroxylation is 1. The Morgan fingerprint density at radius 3 is 2.71 bits per heavy atom. The summed E-state index contributed by atoms with van der Waals surface area (Å²) in [5.74, 6) is -0.343. The highest BCUT2D eigenvalue weighted by molar-refractivity contribution is 5.76. The molecule has 0 unspecified atom stereocenters. The molecule has 0 saturated carbocycles. The first-order valence-electron chi connectivity index (χ1n) is 8.70. The lowest BCUT2D eigenvalue weighted by molar-refractivity contribution is -0.130. The van der Waals surface area contributed by atoms with Crippen LogP contribution in [0.4, 0.5) is 0 Å². The number of fused-ring (bicyclic) bond motifs is 1. The van der Waals surface area contributed by atoms with Crippen molar-refractivity contribution in [2.24, 2.45) is 0 Å². The maximum Gasteiger partial charge on any atom is 0.419 e. The van der Waals surface area contributed by atoms with Crippen LogP contribution in [0.5, 0.6) is 0 Å². The van der Waals surface area contributed by atoms with E-state index in [1.54, 1.807) is 11.0 Å². The second-order valence-corrected chi connectivity index (χ2v) is 6.45. The lowest BCUT2D eigenvalue weighted by Gasteiger charge is -2.28. The van der Waals surface area contributed by atoms with Crippen LogP contribution in [0.15, 0.2) is 33.5 Å². The standard InChI is InChI=1S/C18H25N3O3/c1-19(13-14-20-10-5-2-6-11-20)17(22)9-12-21-15-7-3-4-8-16(15)24-18(21)23/h3-4,7-8H,2,5-6,9-14H2,1H3. The summed E-state index contributed by atoms with van der Waals surface area (Å²) in [4.78, 5) is 28.4. The first-order chi connectivity index (χ1) is 11.6. The molecule has 0 radical (unpaired) electrons. The average Bonchev–Trinajstić information content (AvgIpc) is 2.93. The van der Waals surface area contributed by atoms with Crippen LogP contribution in [-0.2, 0) is 11.3 Å². The number of hydrogen-bond acceptors (Lipinski definition) is 4. The van der Waals surface area contributed by atoms with Crippen molar-refractivity contribution in [1.82, 2.24) is 14.4 Å². The van der Waals surface area contributed by atoms with Gasteiger partial charge in [-0.1, -0.05) is 18.6 Å². The molecule has 6 heteroatoms. The molecule has 3 rings (SSSR count). The molecule has 0 aliphatic carbocycles. The highest BCUT2D eigenvalue weighted by Gasteiger charge is 2.15. The maximum atomic E-state index is 12.3. The number of carbonyl (C=O) groups excluding carboxylic acids is 1. The molecule has 2 heterocycles. The second-order valence-electron chi connectivity index (χ2n) is 6.45. The number of nitrogens with zero attached hydrogens (tertiary/aromatic N) is 3. The maximum absolute atomic E-state index is 12.3. The molecule has 1 aromatic heterocycles. The smallest absolute Gasteiger partial charge is 0.408 e. The third kappa shape index (κ3) is 3.87. The minimum absolute atomic E-state index is 0.0594. The van der Waals surface area contributed by atoms with Gasteiger partial charge in [0.1, 0.15) is 0 Å². The van der Waals surface area contributed by atoms with Crippen molar-refractivity contribution in [1.29, 1.82) is 0 Å². The van der Waals surface area contributed by atoms with Crippen LogP contribution in [0, 0.1) is 0 Å². The molecule has 6 nitrogen and oxygen atoms in total. The predicted molar refractivity (Wildman–Crippen MR) is 93.0 cm³/mol. The normalized spacial score (nSPS) is 15.7. The zero-order valence-electron chi connectivity index (χ0n) is 14.2. The Bertz CT molecular complexity index is 743. The molecular formula is C18H25N3O3. The highest BCUT2D eigenvalue weighted by Crippen LogP contribution is 2.12. The summed E-state index contributed by atoms with van der Waals surface area (Å²) in [7, 11) is 1.84. The zero-order chi connectivity index (χ0) is 16.9. The van der Waals surface area contributed by atoms with E-state index in [4.69, 9.17) is 4.42 Å². The minimum Gasteiger partial charge on any atom is -0.408 e. The van der Waals surface area contributed by atoms with Crippen LogP contribution < -0.4 is 5.76 Å². The fourth-order valence-electron chi connectivity index (χ4n) is 3.22. The van der Waals surface area contributed by atoms with E-state index < -0.39 is 5.76 Å². The Labute approximate surface area is 141 Å². The molecule has 130 valence electrons. The SMILES string of the molecule is CN(CCN1CCCCC1)C(=O)CCn1c(=O)oc2ccccc21. The fourth-order valence-corrected chi connectivity index (χ4v) is 3.22. The zero-order valence-corrected chi connectivity index (χ0v) is 14.2. The molecule has 2 aromatic rings. The van der Waals surface area contributed by atoms with Crippen LogP contribution >= 0.6 is 0 Å². The molecule has 0 bridgehead atoms. The van der Waals surface area contributed by atoms with Gasteiger partial charge in [-0.3, -0.25) is 9.36 Å². The highest BCUT2D eigenvalue weighted by atomic mass is 16.4. The summed E-state index contributed by atoms with van der Waals surface area (Å²) in [6, 6.07) is 7.29. The molecular weight excluding hydrogens is 306 g/mol. The van der Waals surface area contributed by atoms with Crippen molar-refractivity contribution in [2.45, 2.75) is 32.2 Å². The topological polar surface area (TPSA) is 58.7 Å². The molecule has 0 N–H and O–H groups in total. The van der Waals surface area contributed by atoms with Gasteiger partial charge in [0.25, 0.3) is 0 Å². The first kappa shape index (κ1) is 16.8. The van der Waals surface area contributed by atoms with Gasteiger partial charge < -0.3 is 14.2 Å². The lowest BCUT2D eigenvalue weighted by Crippen LogP contribution is -2.39. The quantitative estimate of drug-likeness (QED) is 0.811. The summed E-state index contributed by atoms with van der Waals surface area (Å²) in [5, 5.41) is 0. The summed E-state index contributed by atoms with van der Waals surface area (Å²) >= 11 is 0. The van der Waals surface area contributed by atoms with Crippen LogP contribution in [0.2, 0.25) is 0 Å². The van der Waals surface area contributed by atoms with Crippen molar-refractivity contribution < 1.29 is 9.21 Å². The largest absolute Gasteiger partial charge is 0.419 e. The van der Waals surface area contributed by atoms with E-state index in [2.05, 4.69) is 4.90 Å². The molecule has 1 fully saturated rings. The third-order valence-electron chi connectivity index (χ3n) is 4.75. The third-order valence-corrected chi connectivity index (χ3v) is 4.75. The number of carbonyl (C=O) groups is 1. The van der Waals surface area contributed by atoms with Gasteiger partial charge in [-0.05, 0) is 38.1 Å². The van der Waals surface area contributed by atoms with E-state index in [1.807, 2.05) is 25.2 Å². The Morgan fingerprint density at radius 2 is 1.92 bits per heavy atom. The predicted octanol–water partition coefficient (Wildman–Crippen LogP) is 1.93. The monoisotopic (exact) mass is 331 g/mol. The number of hydrogen-bond donors (Lipinski definition) is 0. The Balaban J connectivity index is 1.52. The lowest BCUT2D eigenvalue weighted by atomic mass is 10.1. The fraction of sp³-hybridized carbons (Fsp3) is 0.556. The van der Waals surface area contributed by atoms with E-state index in [9.17, 15) is 9.59 Å². The van der Waals surface area contributed by atoms with Gasteiger partial charge >= 0.3 is 5.76 Å². The van der Waals surface area contributed by atoms with Gasteiger partial charge in [0, 0.05) is 33.1 Å². The van der Waals surface area contributed by atoms with Gasteiger partial charge in [0.15, 0.2) is 5.58 Å². The van der Waals surface area contributed by atoms with Crippen molar-refractivity contribution in [2.75, 3.05) is 33.2 Å². The van der Waals surface area contributed by atoms with Crippen molar-refractivity contribution in [3.8, 4) is 0 Å². The molecule has 1 aliphatic heterocycles. The van der Waals surface area contributed by atoms with Crippen LogP contribution in [-0.4, -0.2) is 53.5 Å². The van der Waals surface area contributed by atoms with E-state index in [-0.39, 0.29) is 5.91 Å². The minimum atomic E-state index is -0.403. The van der Waals surface area contributed by atoms with E-state index >= 15 is 0 Å². The van der Waals surface area contributed by atoms with E-state index in [0.717, 1.165) is 31.7 Å². The number of para-hydroxylation sites is 2. The number of oxazole rings is 1. The van der Waals surface area contributed by atoms with Crippen LogP contribution in [0.3, 0.4) is 0 Å². The number of piperidine rings is 1. The van der Waals surface area contributed by atoms with E-state index in [1.165, 1.54) is 23.8 Å². The second kappa shape index (κ2) is 7.66. The Kier molecular flexibility index (Phi) is 5.35. The molecule has 24 heavy (non-hydrogen) atoms. The van der Waals surface area contributed by atoms with Crippen molar-refractivity contribution in [3.63, 3.8) is 0 Å². The van der Waals surface area contributed by atoms with Gasteiger partial charge in [-0.15, -0.1) is 0 Å². The summed E-state index contributed by atoms with van der Waals surface area (Å²) in [5.41, 5.74) is 1.31. The Morgan fingerprint density at radius 1 is 1.17 bits per heavy atom. The summed E-state index contributed by atoms with van der Waals surface area (Å²) in [6.07, 6.45) is 4.14. The van der Waals surface area contributed by atoms with Crippen molar-refractivity contribution >= 4 is 17.0 Å². The number of likely N-dealkylation sites (tertiary alicyclic amines) is 1. The number of likely N-dealkylation sites (N-methyl/N-ethyl adjacent to an activating group) is 1. The number of amides is 1. The van der Waals surface area contributed by atoms with E-state index in [0.29, 0.717) is 18.5 Å². The average molecular weight is 331 g/mol. The van der Waals surface area contributed by atoms with Crippen molar-refractivity contribution in [3.05, 3.63) is 34.8 Å². The van der Waals surface area contributed by atoms with Gasteiger partial charge in [0.05, 0.1) is 5.52 Å². The van der Waals surface area contributed by atoms with Gasteiger partial charge in [-0.2, -0.15) is 0 Å². The van der Waals surface area contributed by atoms with Gasteiger partial charge in [-0.25, -0.2) is 4.79 Å². The molecule has 1 aliphatic rings. The molecule has 1 aromatic carbocycles. The molecule has 1 amide bonds. The number of aromatic nitrogens is 1. The summed E-state index contributed by atoms with van der Waals surface area (Å²) < 4.78 is 6.73. The van der Waals surface area contributed by atoms with Crippen LogP contribution in [0.25, 0.3) is 11.1 Å². The van der Waals surface area contributed by atoms with Crippen LogP contribution in [0.1, 0.15) is 25.7 Å². The Hall–Kier alpha value is -2.08.